The molecule has 1 aromatic carbocycles. The van der Waals surface area contributed by atoms with Gasteiger partial charge in [-0.05, 0) is 31.0 Å². The summed E-state index contributed by atoms with van der Waals surface area (Å²) < 4.78 is 8.17. The van der Waals surface area contributed by atoms with Gasteiger partial charge in [0.1, 0.15) is 5.75 Å². The fourth-order valence-corrected chi connectivity index (χ4v) is 3.41. The van der Waals surface area contributed by atoms with Gasteiger partial charge in [0.2, 0.25) is 0 Å². The first-order valence-corrected chi connectivity index (χ1v) is 7.74. The Balaban J connectivity index is 2.11. The lowest BCUT2D eigenvalue weighted by molar-refractivity contribution is -0.124. The standard InChI is InChI=1S/C16H16N2O2S/c1-3-9-18-13-8-7-12(20-2)10-14(13)21-16(18)17-15(19)11-5-4-6-11/h1,7-8,10-11H,4-6,9H2,2H3. The van der Waals surface area contributed by atoms with Crippen molar-refractivity contribution in [3.8, 4) is 18.1 Å². The van der Waals surface area contributed by atoms with Gasteiger partial charge < -0.3 is 9.30 Å². The lowest BCUT2D eigenvalue weighted by Gasteiger charge is -2.20. The SMILES string of the molecule is C#CCn1c(=NC(=O)C2CCC2)sc2cc(OC)ccc21. The summed E-state index contributed by atoms with van der Waals surface area (Å²) in [6, 6.07) is 5.79. The molecule has 0 spiro atoms. The molecule has 3 rings (SSSR count). The van der Waals surface area contributed by atoms with E-state index in [0.29, 0.717) is 11.3 Å². The van der Waals surface area contributed by atoms with Crippen molar-refractivity contribution in [1.29, 1.82) is 0 Å². The van der Waals surface area contributed by atoms with E-state index < -0.39 is 0 Å². The van der Waals surface area contributed by atoms with Gasteiger partial charge in [0, 0.05) is 5.92 Å². The number of rotatable bonds is 3. The molecule has 0 aliphatic heterocycles. The number of amides is 1. The molecule has 4 nitrogen and oxygen atoms in total. The summed E-state index contributed by atoms with van der Waals surface area (Å²) in [5, 5.41) is 0. The van der Waals surface area contributed by atoms with E-state index in [4.69, 9.17) is 11.2 Å². The maximum Gasteiger partial charge on any atom is 0.251 e. The van der Waals surface area contributed by atoms with Gasteiger partial charge in [-0.2, -0.15) is 4.99 Å². The van der Waals surface area contributed by atoms with Gasteiger partial charge in [0.15, 0.2) is 4.80 Å². The summed E-state index contributed by atoms with van der Waals surface area (Å²) in [5.74, 6) is 3.49. The van der Waals surface area contributed by atoms with Crippen LogP contribution in [0.3, 0.4) is 0 Å². The Kier molecular flexibility index (Phi) is 3.80. The smallest absolute Gasteiger partial charge is 0.251 e. The van der Waals surface area contributed by atoms with Gasteiger partial charge in [-0.15, -0.1) is 6.42 Å². The number of hydrogen-bond acceptors (Lipinski definition) is 3. The van der Waals surface area contributed by atoms with E-state index in [2.05, 4.69) is 10.9 Å². The lowest BCUT2D eigenvalue weighted by Crippen LogP contribution is -2.24. The van der Waals surface area contributed by atoms with Crippen molar-refractivity contribution >= 4 is 27.5 Å². The van der Waals surface area contributed by atoms with Crippen LogP contribution in [0.2, 0.25) is 0 Å². The molecule has 108 valence electrons. The summed E-state index contributed by atoms with van der Waals surface area (Å²) in [6.45, 7) is 0.406. The maximum absolute atomic E-state index is 12.1. The molecule has 0 saturated heterocycles. The summed E-state index contributed by atoms with van der Waals surface area (Å²) in [5.41, 5.74) is 0.985. The van der Waals surface area contributed by atoms with Crippen LogP contribution in [0.1, 0.15) is 19.3 Å². The van der Waals surface area contributed by atoms with Gasteiger partial charge in [-0.25, -0.2) is 0 Å². The maximum atomic E-state index is 12.1. The molecule has 0 bridgehead atoms. The second kappa shape index (κ2) is 5.74. The molecule has 0 atom stereocenters. The largest absolute Gasteiger partial charge is 0.497 e. The highest BCUT2D eigenvalue weighted by molar-refractivity contribution is 7.16. The summed E-state index contributed by atoms with van der Waals surface area (Å²) in [7, 11) is 1.63. The Morgan fingerprint density at radius 2 is 2.38 bits per heavy atom. The first-order chi connectivity index (χ1) is 10.2. The van der Waals surface area contributed by atoms with Crippen molar-refractivity contribution in [2.24, 2.45) is 10.9 Å². The number of carbonyl (C=O) groups excluding carboxylic acids is 1. The highest BCUT2D eigenvalue weighted by Crippen LogP contribution is 2.28. The van der Waals surface area contributed by atoms with E-state index in [-0.39, 0.29) is 11.8 Å². The first-order valence-electron chi connectivity index (χ1n) is 6.92. The Labute approximate surface area is 127 Å². The molecule has 0 unspecified atom stereocenters. The fourth-order valence-electron chi connectivity index (χ4n) is 2.35. The predicted octanol–water partition coefficient (Wildman–Crippen LogP) is 2.57. The van der Waals surface area contributed by atoms with Gasteiger partial charge >= 0.3 is 0 Å². The van der Waals surface area contributed by atoms with Crippen LogP contribution in [0, 0.1) is 18.3 Å². The third-order valence-corrected chi connectivity index (χ3v) is 4.84. The molecule has 0 N–H and O–H groups in total. The number of hydrogen-bond donors (Lipinski definition) is 0. The molecular weight excluding hydrogens is 284 g/mol. The van der Waals surface area contributed by atoms with Crippen LogP contribution in [0.25, 0.3) is 10.2 Å². The molecule has 1 amide bonds. The zero-order valence-electron chi connectivity index (χ0n) is 11.8. The minimum absolute atomic E-state index is 0.0226. The Morgan fingerprint density at radius 1 is 1.57 bits per heavy atom. The van der Waals surface area contributed by atoms with Gasteiger partial charge in [0.25, 0.3) is 5.91 Å². The van der Waals surface area contributed by atoms with E-state index in [1.165, 1.54) is 11.3 Å². The zero-order chi connectivity index (χ0) is 14.8. The normalized spacial score (nSPS) is 15.7. The van der Waals surface area contributed by atoms with Crippen molar-refractivity contribution in [3.05, 3.63) is 23.0 Å². The Bertz CT molecular complexity index is 791. The van der Waals surface area contributed by atoms with E-state index in [0.717, 1.165) is 35.2 Å². The molecule has 1 heterocycles. The van der Waals surface area contributed by atoms with Gasteiger partial charge in [-0.3, -0.25) is 4.79 Å². The van der Waals surface area contributed by atoms with E-state index >= 15 is 0 Å². The van der Waals surface area contributed by atoms with E-state index in [9.17, 15) is 4.79 Å². The number of nitrogens with zero attached hydrogens (tertiary/aromatic N) is 2. The fraction of sp³-hybridized carbons (Fsp3) is 0.375. The number of aromatic nitrogens is 1. The Morgan fingerprint density at radius 3 is 3.00 bits per heavy atom. The predicted molar refractivity (Wildman–Crippen MR) is 83.1 cm³/mol. The molecule has 1 aliphatic carbocycles. The minimum atomic E-state index is -0.0226. The number of benzene rings is 1. The zero-order valence-corrected chi connectivity index (χ0v) is 12.7. The molecule has 0 radical (unpaired) electrons. The Hall–Kier alpha value is -2.06. The molecule has 1 saturated carbocycles. The minimum Gasteiger partial charge on any atom is -0.497 e. The number of ether oxygens (including phenoxy) is 1. The monoisotopic (exact) mass is 300 g/mol. The number of fused-ring (bicyclic) bond motifs is 1. The van der Waals surface area contributed by atoms with Crippen molar-refractivity contribution in [2.45, 2.75) is 25.8 Å². The highest BCUT2D eigenvalue weighted by Gasteiger charge is 2.25. The lowest BCUT2D eigenvalue weighted by atomic mass is 9.85. The first kappa shape index (κ1) is 13.9. The van der Waals surface area contributed by atoms with Crippen LogP contribution in [0.4, 0.5) is 0 Å². The van der Waals surface area contributed by atoms with Gasteiger partial charge in [0.05, 0.1) is 23.9 Å². The quantitative estimate of drug-likeness (QED) is 0.818. The summed E-state index contributed by atoms with van der Waals surface area (Å²) in [6.07, 6.45) is 8.48. The second-order valence-corrected chi connectivity index (χ2v) is 6.10. The average Bonchev–Trinajstić information content (AvgIpc) is 2.74. The van der Waals surface area contributed by atoms with Crippen LogP contribution in [-0.2, 0) is 11.3 Å². The van der Waals surface area contributed by atoms with Crippen LogP contribution < -0.4 is 9.54 Å². The number of methoxy groups -OCH3 is 1. The number of carbonyl (C=O) groups is 1. The van der Waals surface area contributed by atoms with Crippen molar-refractivity contribution in [3.63, 3.8) is 0 Å². The number of thiazole rings is 1. The van der Waals surface area contributed by atoms with Crippen LogP contribution in [0.5, 0.6) is 5.75 Å². The van der Waals surface area contributed by atoms with Gasteiger partial charge in [-0.1, -0.05) is 23.7 Å². The second-order valence-electron chi connectivity index (χ2n) is 5.09. The molecule has 21 heavy (non-hydrogen) atoms. The average molecular weight is 300 g/mol. The molecule has 1 aliphatic rings. The topological polar surface area (TPSA) is 43.6 Å². The summed E-state index contributed by atoms with van der Waals surface area (Å²) >= 11 is 1.47. The third-order valence-electron chi connectivity index (χ3n) is 3.80. The molecule has 1 aromatic heterocycles. The van der Waals surface area contributed by atoms with Crippen molar-refractivity contribution in [2.75, 3.05) is 7.11 Å². The van der Waals surface area contributed by atoms with Crippen LogP contribution in [0.15, 0.2) is 23.2 Å². The van der Waals surface area contributed by atoms with Crippen LogP contribution >= 0.6 is 11.3 Å². The molecule has 5 heteroatoms. The number of terminal acetylenes is 1. The highest BCUT2D eigenvalue weighted by atomic mass is 32.1. The molecular formula is C16H16N2O2S. The van der Waals surface area contributed by atoms with Crippen molar-refractivity contribution < 1.29 is 9.53 Å². The van der Waals surface area contributed by atoms with Crippen molar-refractivity contribution in [1.82, 2.24) is 4.57 Å². The van der Waals surface area contributed by atoms with Crippen LogP contribution in [-0.4, -0.2) is 17.6 Å². The van der Waals surface area contributed by atoms with E-state index in [1.54, 1.807) is 7.11 Å². The van der Waals surface area contributed by atoms with E-state index in [1.807, 2.05) is 22.8 Å². The summed E-state index contributed by atoms with van der Waals surface area (Å²) in [4.78, 5) is 17.1. The molecule has 1 fully saturated rings. The molecule has 2 aromatic rings. The third kappa shape index (κ3) is 2.59.